The quantitative estimate of drug-likeness (QED) is 0.684. The molecular formula is C21H23N3O2S2. The SMILES string of the molecule is CCSC1=C(C#N)[C@H](c2cccs2)[C@H](C(=O)Nc2ccccc2C)[C@@](C)(O)N1. The number of aliphatic hydroxyl groups is 1. The Bertz CT molecular complexity index is 929. The molecule has 1 aliphatic heterocycles. The number of carbonyl (C=O) groups excluding carboxylic acids is 1. The fraction of sp³-hybridized carbons (Fsp3) is 0.333. The second kappa shape index (κ2) is 8.39. The molecule has 1 amide bonds. The average molecular weight is 414 g/mol. The summed E-state index contributed by atoms with van der Waals surface area (Å²) in [6.07, 6.45) is 0. The highest BCUT2D eigenvalue weighted by Crippen LogP contribution is 2.46. The standard InChI is InChI=1S/C21H23N3O2S2/c1-4-27-20-14(12-22)17(16-10-7-11-28-16)18(21(3,26)24-20)19(25)23-15-9-6-5-8-13(15)2/h5-11,17-18,24,26H,4H2,1-3H3,(H,23,25)/t17-,18-,21-/m1/s1. The van der Waals surface area contributed by atoms with Crippen molar-refractivity contribution in [1.29, 1.82) is 5.26 Å². The molecule has 0 unspecified atom stereocenters. The van der Waals surface area contributed by atoms with Gasteiger partial charge in [0.2, 0.25) is 5.91 Å². The highest BCUT2D eigenvalue weighted by atomic mass is 32.2. The first-order chi connectivity index (χ1) is 13.4. The van der Waals surface area contributed by atoms with Crippen LogP contribution in [0.2, 0.25) is 0 Å². The number of allylic oxidation sites excluding steroid dienone is 1. The molecule has 3 rings (SSSR count). The maximum atomic E-state index is 13.3. The fourth-order valence-electron chi connectivity index (χ4n) is 3.49. The molecule has 0 radical (unpaired) electrons. The summed E-state index contributed by atoms with van der Waals surface area (Å²) in [6, 6.07) is 13.6. The molecule has 2 aromatic rings. The number of thioether (sulfide) groups is 1. The van der Waals surface area contributed by atoms with Crippen LogP contribution in [0.1, 0.15) is 30.2 Å². The zero-order valence-electron chi connectivity index (χ0n) is 16.0. The largest absolute Gasteiger partial charge is 0.370 e. The van der Waals surface area contributed by atoms with E-state index in [1.54, 1.807) is 6.92 Å². The number of nitrogens with one attached hydrogen (secondary N) is 2. The molecule has 146 valence electrons. The van der Waals surface area contributed by atoms with Crippen LogP contribution in [0.15, 0.2) is 52.4 Å². The Morgan fingerprint density at radius 2 is 2.14 bits per heavy atom. The van der Waals surface area contributed by atoms with Crippen molar-refractivity contribution < 1.29 is 9.90 Å². The minimum Gasteiger partial charge on any atom is -0.370 e. The van der Waals surface area contributed by atoms with Crippen LogP contribution in [0.25, 0.3) is 0 Å². The predicted octanol–water partition coefficient (Wildman–Crippen LogP) is 4.20. The van der Waals surface area contributed by atoms with Crippen LogP contribution in [0.3, 0.4) is 0 Å². The maximum absolute atomic E-state index is 13.3. The second-order valence-corrected chi connectivity index (χ2v) is 9.09. The number of hydrogen-bond acceptors (Lipinski definition) is 6. The summed E-state index contributed by atoms with van der Waals surface area (Å²) in [7, 11) is 0. The molecule has 7 heteroatoms. The summed E-state index contributed by atoms with van der Waals surface area (Å²) >= 11 is 2.95. The number of carbonyl (C=O) groups is 1. The van der Waals surface area contributed by atoms with Crippen molar-refractivity contribution in [1.82, 2.24) is 5.32 Å². The van der Waals surface area contributed by atoms with Gasteiger partial charge in [0.25, 0.3) is 0 Å². The number of rotatable bonds is 5. The normalized spacial score (nSPS) is 24.4. The molecule has 0 spiro atoms. The van der Waals surface area contributed by atoms with Crippen LogP contribution in [0.4, 0.5) is 5.69 Å². The Labute approximate surface area is 173 Å². The molecule has 0 saturated carbocycles. The fourth-order valence-corrected chi connectivity index (χ4v) is 5.26. The van der Waals surface area contributed by atoms with Gasteiger partial charge in [-0.3, -0.25) is 4.79 Å². The molecule has 3 atom stereocenters. The van der Waals surface area contributed by atoms with Gasteiger partial charge in [0, 0.05) is 16.5 Å². The van der Waals surface area contributed by atoms with Crippen LogP contribution in [-0.2, 0) is 4.79 Å². The highest BCUT2D eigenvalue weighted by Gasteiger charge is 2.50. The number of anilines is 1. The van der Waals surface area contributed by atoms with Crippen molar-refractivity contribution in [2.24, 2.45) is 5.92 Å². The van der Waals surface area contributed by atoms with Crippen LogP contribution < -0.4 is 10.6 Å². The van der Waals surface area contributed by atoms with Gasteiger partial charge in [0.05, 0.1) is 22.6 Å². The number of thiophene rings is 1. The lowest BCUT2D eigenvalue weighted by atomic mass is 9.76. The number of para-hydroxylation sites is 1. The maximum Gasteiger partial charge on any atom is 0.233 e. The minimum absolute atomic E-state index is 0.321. The van der Waals surface area contributed by atoms with E-state index in [4.69, 9.17) is 0 Å². The molecule has 0 fully saturated rings. The molecule has 1 aromatic carbocycles. The molecule has 28 heavy (non-hydrogen) atoms. The van der Waals surface area contributed by atoms with Crippen molar-refractivity contribution in [3.05, 3.63) is 62.8 Å². The average Bonchev–Trinajstić information content (AvgIpc) is 3.17. The van der Waals surface area contributed by atoms with E-state index in [2.05, 4.69) is 16.7 Å². The van der Waals surface area contributed by atoms with E-state index in [1.807, 2.05) is 55.6 Å². The molecule has 5 nitrogen and oxygen atoms in total. The lowest BCUT2D eigenvalue weighted by molar-refractivity contribution is -0.131. The number of amides is 1. The zero-order valence-corrected chi connectivity index (χ0v) is 17.7. The predicted molar refractivity (Wildman–Crippen MR) is 115 cm³/mol. The first-order valence-corrected chi connectivity index (χ1v) is 10.9. The molecule has 2 heterocycles. The Morgan fingerprint density at radius 1 is 1.39 bits per heavy atom. The third-order valence-corrected chi connectivity index (χ3v) is 6.66. The second-order valence-electron chi connectivity index (χ2n) is 6.84. The first kappa shape index (κ1) is 20.5. The van der Waals surface area contributed by atoms with Crippen molar-refractivity contribution >= 4 is 34.7 Å². The van der Waals surface area contributed by atoms with Gasteiger partial charge in [-0.25, -0.2) is 0 Å². The molecule has 1 aliphatic rings. The van der Waals surface area contributed by atoms with Gasteiger partial charge in [0.1, 0.15) is 5.72 Å². The van der Waals surface area contributed by atoms with Gasteiger partial charge < -0.3 is 15.7 Å². The topological polar surface area (TPSA) is 85.2 Å². The van der Waals surface area contributed by atoms with Gasteiger partial charge in [-0.1, -0.05) is 31.2 Å². The molecule has 1 aromatic heterocycles. The summed E-state index contributed by atoms with van der Waals surface area (Å²) < 4.78 is 0. The summed E-state index contributed by atoms with van der Waals surface area (Å²) in [5.41, 5.74) is 0.625. The van der Waals surface area contributed by atoms with E-state index in [9.17, 15) is 15.2 Å². The molecule has 0 bridgehead atoms. The van der Waals surface area contributed by atoms with E-state index in [-0.39, 0.29) is 5.91 Å². The van der Waals surface area contributed by atoms with Crippen molar-refractivity contribution in [2.45, 2.75) is 32.4 Å². The first-order valence-electron chi connectivity index (χ1n) is 9.06. The number of benzene rings is 1. The Balaban J connectivity index is 2.07. The highest BCUT2D eigenvalue weighted by molar-refractivity contribution is 8.03. The minimum atomic E-state index is -1.50. The van der Waals surface area contributed by atoms with E-state index in [1.165, 1.54) is 23.1 Å². The van der Waals surface area contributed by atoms with Crippen LogP contribution in [-0.4, -0.2) is 22.5 Å². The number of nitriles is 1. The monoisotopic (exact) mass is 413 g/mol. The Morgan fingerprint density at radius 3 is 2.75 bits per heavy atom. The van der Waals surface area contributed by atoms with E-state index in [0.717, 1.165) is 16.2 Å². The summed E-state index contributed by atoms with van der Waals surface area (Å²) in [6.45, 7) is 5.50. The molecule has 0 aliphatic carbocycles. The zero-order chi connectivity index (χ0) is 20.3. The van der Waals surface area contributed by atoms with E-state index in [0.29, 0.717) is 16.3 Å². The van der Waals surface area contributed by atoms with Gasteiger partial charge in [-0.05, 0) is 42.7 Å². The summed E-state index contributed by atoms with van der Waals surface area (Å²) in [5.74, 6) is -0.944. The summed E-state index contributed by atoms with van der Waals surface area (Å²) in [5, 5.41) is 29.6. The number of nitrogens with zero attached hydrogens (tertiary/aromatic N) is 1. The van der Waals surface area contributed by atoms with Crippen LogP contribution in [0.5, 0.6) is 0 Å². The number of aryl methyl sites for hydroxylation is 1. The van der Waals surface area contributed by atoms with E-state index >= 15 is 0 Å². The molecular weight excluding hydrogens is 390 g/mol. The smallest absolute Gasteiger partial charge is 0.233 e. The third kappa shape index (κ3) is 3.95. The van der Waals surface area contributed by atoms with Crippen molar-refractivity contribution in [3.8, 4) is 6.07 Å². The Hall–Kier alpha value is -2.27. The van der Waals surface area contributed by atoms with Gasteiger partial charge >= 0.3 is 0 Å². The lowest BCUT2D eigenvalue weighted by Crippen LogP contribution is -2.57. The lowest BCUT2D eigenvalue weighted by Gasteiger charge is -2.43. The van der Waals surface area contributed by atoms with Gasteiger partial charge in [-0.15, -0.1) is 23.1 Å². The molecule has 0 saturated heterocycles. The Kier molecular flexibility index (Phi) is 6.14. The van der Waals surface area contributed by atoms with Crippen LogP contribution >= 0.6 is 23.1 Å². The van der Waals surface area contributed by atoms with E-state index < -0.39 is 17.6 Å². The third-order valence-electron chi connectivity index (χ3n) is 4.81. The van der Waals surface area contributed by atoms with Gasteiger partial charge in [-0.2, -0.15) is 5.26 Å². The number of hydrogen-bond donors (Lipinski definition) is 3. The summed E-state index contributed by atoms with van der Waals surface area (Å²) in [4.78, 5) is 14.2. The van der Waals surface area contributed by atoms with Crippen LogP contribution in [0, 0.1) is 24.2 Å². The van der Waals surface area contributed by atoms with Crippen molar-refractivity contribution in [3.63, 3.8) is 0 Å². The van der Waals surface area contributed by atoms with Gasteiger partial charge in [0.15, 0.2) is 0 Å². The molecule has 3 N–H and O–H groups in total. The van der Waals surface area contributed by atoms with Crippen molar-refractivity contribution in [2.75, 3.05) is 11.1 Å².